The van der Waals surface area contributed by atoms with Crippen molar-refractivity contribution in [3.05, 3.63) is 248 Å². The fourth-order valence-corrected chi connectivity index (χ4v) is 10.1. The van der Waals surface area contributed by atoms with E-state index in [0.717, 1.165) is 61.3 Å². The van der Waals surface area contributed by atoms with Crippen LogP contribution in [0.2, 0.25) is 0 Å². The van der Waals surface area contributed by atoms with Gasteiger partial charge < -0.3 is 9.32 Å². The molecule has 0 aliphatic heterocycles. The van der Waals surface area contributed by atoms with Crippen molar-refractivity contribution in [2.24, 2.45) is 0 Å². The third-order valence-corrected chi connectivity index (χ3v) is 13.5. The molecule has 308 valence electrons. The number of hydrogen-bond donors (Lipinski definition) is 0. The van der Waals surface area contributed by atoms with Gasteiger partial charge in [0.2, 0.25) is 0 Å². The van der Waals surface area contributed by atoms with Crippen LogP contribution >= 0.6 is 0 Å². The lowest BCUT2D eigenvalue weighted by Crippen LogP contribution is -2.16. The highest BCUT2D eigenvalue weighted by Crippen LogP contribution is 2.52. The molecule has 10 aromatic carbocycles. The summed E-state index contributed by atoms with van der Waals surface area (Å²) in [4.78, 5) is 2.41. The standard InChI is InChI=1S/C63H45NO/c1-63(2)59-40-48(42-14-5-3-6-15-42)32-38-55(59)56-39-37-51(41-60(56)63)64(50-35-30-46(31-36-50)53-19-10-9-18-52(53)45-16-7-4-8-17-45)49-33-28-44(29-34-49)43-24-26-47(27-25-43)54-21-13-22-58-57-20-11-12-23-61(57)65-62(54)58/h3-41H,1-2H3. The van der Waals surface area contributed by atoms with Gasteiger partial charge in [0.15, 0.2) is 0 Å². The average Bonchev–Trinajstić information content (AvgIpc) is 3.86. The Morgan fingerprint density at radius 3 is 1.42 bits per heavy atom. The number of furan rings is 1. The Morgan fingerprint density at radius 1 is 0.308 bits per heavy atom. The Hall–Kier alpha value is -8.20. The van der Waals surface area contributed by atoms with Gasteiger partial charge in [-0.2, -0.15) is 0 Å². The molecule has 1 aliphatic rings. The maximum Gasteiger partial charge on any atom is 0.143 e. The van der Waals surface area contributed by atoms with Crippen LogP contribution in [0, 0.1) is 0 Å². The van der Waals surface area contributed by atoms with Crippen molar-refractivity contribution in [1.29, 1.82) is 0 Å². The number of nitrogens with zero attached hydrogens (tertiary/aromatic N) is 1. The van der Waals surface area contributed by atoms with E-state index in [-0.39, 0.29) is 5.41 Å². The van der Waals surface area contributed by atoms with Gasteiger partial charge in [-0.3, -0.25) is 0 Å². The SMILES string of the molecule is CC1(C)c2cc(-c3ccccc3)ccc2-c2ccc(N(c3ccc(-c4ccc(-c5cccc6c5oc5ccccc56)cc4)cc3)c3ccc(-c4ccccc4-c4ccccc4)cc3)cc21. The Morgan fingerprint density at radius 2 is 0.738 bits per heavy atom. The molecule has 0 fully saturated rings. The van der Waals surface area contributed by atoms with Crippen LogP contribution in [0.3, 0.4) is 0 Å². The largest absolute Gasteiger partial charge is 0.455 e. The molecule has 0 amide bonds. The summed E-state index contributed by atoms with van der Waals surface area (Å²) in [6.45, 7) is 4.74. The van der Waals surface area contributed by atoms with Crippen LogP contribution in [0.25, 0.3) is 88.7 Å². The first kappa shape index (κ1) is 38.5. The van der Waals surface area contributed by atoms with Gasteiger partial charge in [0.1, 0.15) is 11.2 Å². The van der Waals surface area contributed by atoms with Crippen LogP contribution in [-0.4, -0.2) is 0 Å². The second-order valence-corrected chi connectivity index (χ2v) is 17.7. The van der Waals surface area contributed by atoms with Gasteiger partial charge in [0.25, 0.3) is 0 Å². The smallest absolute Gasteiger partial charge is 0.143 e. The second-order valence-electron chi connectivity index (χ2n) is 17.7. The van der Waals surface area contributed by atoms with E-state index in [9.17, 15) is 0 Å². The molecular weight excluding hydrogens is 787 g/mol. The van der Waals surface area contributed by atoms with Gasteiger partial charge in [-0.25, -0.2) is 0 Å². The summed E-state index contributed by atoms with van der Waals surface area (Å²) in [5, 5.41) is 2.29. The molecule has 0 radical (unpaired) electrons. The second kappa shape index (κ2) is 15.6. The minimum absolute atomic E-state index is 0.186. The molecule has 0 saturated heterocycles. The molecule has 1 heterocycles. The topological polar surface area (TPSA) is 16.4 Å². The van der Waals surface area contributed by atoms with E-state index < -0.39 is 0 Å². The quantitative estimate of drug-likeness (QED) is 0.152. The van der Waals surface area contributed by atoms with Crippen molar-refractivity contribution < 1.29 is 4.42 Å². The maximum atomic E-state index is 6.38. The third-order valence-electron chi connectivity index (χ3n) is 13.5. The Labute approximate surface area is 380 Å². The molecule has 0 bridgehead atoms. The Balaban J connectivity index is 0.914. The number of benzene rings is 10. The summed E-state index contributed by atoms with van der Waals surface area (Å²) in [7, 11) is 0. The summed E-state index contributed by atoms with van der Waals surface area (Å²) in [6.07, 6.45) is 0. The molecule has 0 saturated carbocycles. The van der Waals surface area contributed by atoms with Crippen LogP contribution in [0.1, 0.15) is 25.0 Å². The van der Waals surface area contributed by atoms with E-state index in [0.29, 0.717) is 0 Å². The maximum absolute atomic E-state index is 6.38. The molecule has 12 rings (SSSR count). The lowest BCUT2D eigenvalue weighted by molar-refractivity contribution is 0.660. The lowest BCUT2D eigenvalue weighted by atomic mass is 9.81. The van der Waals surface area contributed by atoms with E-state index in [1.165, 1.54) is 55.6 Å². The number of rotatable bonds is 8. The summed E-state index contributed by atoms with van der Waals surface area (Å²) in [5.74, 6) is 0. The summed E-state index contributed by atoms with van der Waals surface area (Å²) < 4.78 is 6.38. The highest BCUT2D eigenvalue weighted by Gasteiger charge is 2.36. The average molecular weight is 832 g/mol. The van der Waals surface area contributed by atoms with Gasteiger partial charge in [-0.15, -0.1) is 0 Å². The van der Waals surface area contributed by atoms with Crippen LogP contribution in [0.4, 0.5) is 17.1 Å². The van der Waals surface area contributed by atoms with Gasteiger partial charge in [-0.05, 0) is 121 Å². The number of hydrogen-bond acceptors (Lipinski definition) is 2. The van der Waals surface area contributed by atoms with Crippen molar-refractivity contribution in [1.82, 2.24) is 0 Å². The van der Waals surface area contributed by atoms with Crippen molar-refractivity contribution in [3.8, 4) is 66.8 Å². The first-order valence-electron chi connectivity index (χ1n) is 22.5. The summed E-state index contributed by atoms with van der Waals surface area (Å²) in [5.41, 5.74) is 22.2. The normalized spacial score (nSPS) is 12.6. The zero-order valence-corrected chi connectivity index (χ0v) is 36.4. The zero-order valence-electron chi connectivity index (χ0n) is 36.4. The Bertz CT molecular complexity index is 3530. The van der Waals surface area contributed by atoms with Crippen LogP contribution in [0.5, 0.6) is 0 Å². The van der Waals surface area contributed by atoms with E-state index in [1.807, 2.05) is 12.1 Å². The molecule has 11 aromatic rings. The molecule has 0 unspecified atom stereocenters. The van der Waals surface area contributed by atoms with Crippen LogP contribution < -0.4 is 4.90 Å². The van der Waals surface area contributed by atoms with Crippen molar-refractivity contribution in [2.75, 3.05) is 4.90 Å². The van der Waals surface area contributed by atoms with Gasteiger partial charge in [0.05, 0.1) is 0 Å². The van der Waals surface area contributed by atoms with E-state index in [1.54, 1.807) is 0 Å². The molecule has 65 heavy (non-hydrogen) atoms. The van der Waals surface area contributed by atoms with Crippen molar-refractivity contribution >= 4 is 39.0 Å². The first-order chi connectivity index (χ1) is 32.0. The zero-order chi connectivity index (χ0) is 43.5. The fraction of sp³-hybridized carbons (Fsp3) is 0.0476. The molecule has 1 aromatic heterocycles. The molecule has 0 N–H and O–H groups in total. The van der Waals surface area contributed by atoms with Crippen molar-refractivity contribution in [3.63, 3.8) is 0 Å². The minimum Gasteiger partial charge on any atom is -0.455 e. The van der Waals surface area contributed by atoms with Crippen LogP contribution in [-0.2, 0) is 5.41 Å². The van der Waals surface area contributed by atoms with Gasteiger partial charge in [-0.1, -0.05) is 202 Å². The van der Waals surface area contributed by atoms with Gasteiger partial charge in [0, 0.05) is 38.8 Å². The molecule has 1 aliphatic carbocycles. The number of anilines is 3. The minimum atomic E-state index is -0.186. The van der Waals surface area contributed by atoms with Crippen LogP contribution in [0.15, 0.2) is 241 Å². The first-order valence-corrected chi connectivity index (χ1v) is 22.5. The Kier molecular flexibility index (Phi) is 9.21. The monoisotopic (exact) mass is 831 g/mol. The summed E-state index contributed by atoms with van der Waals surface area (Å²) >= 11 is 0. The van der Waals surface area contributed by atoms with E-state index in [2.05, 4.69) is 243 Å². The molecule has 2 heteroatoms. The number of fused-ring (bicyclic) bond motifs is 6. The predicted molar refractivity (Wildman–Crippen MR) is 273 cm³/mol. The fourth-order valence-electron chi connectivity index (χ4n) is 10.1. The summed E-state index contributed by atoms with van der Waals surface area (Å²) in [6, 6.07) is 85.8. The lowest BCUT2D eigenvalue weighted by Gasteiger charge is -2.28. The number of para-hydroxylation sites is 2. The molecular formula is C63H45NO. The third kappa shape index (κ3) is 6.65. The van der Waals surface area contributed by atoms with E-state index in [4.69, 9.17) is 4.42 Å². The molecule has 0 spiro atoms. The predicted octanol–water partition coefficient (Wildman–Crippen LogP) is 17.7. The highest BCUT2D eigenvalue weighted by atomic mass is 16.3. The van der Waals surface area contributed by atoms with Gasteiger partial charge >= 0.3 is 0 Å². The van der Waals surface area contributed by atoms with Crippen molar-refractivity contribution in [2.45, 2.75) is 19.3 Å². The van der Waals surface area contributed by atoms with E-state index >= 15 is 0 Å². The molecule has 0 atom stereocenters. The molecule has 2 nitrogen and oxygen atoms in total. The highest BCUT2D eigenvalue weighted by molar-refractivity contribution is 6.09.